The van der Waals surface area contributed by atoms with E-state index in [0.717, 1.165) is 5.69 Å². The van der Waals surface area contributed by atoms with Gasteiger partial charge in [-0.05, 0) is 35.4 Å². The predicted molar refractivity (Wildman–Crippen MR) is 79.8 cm³/mol. The van der Waals surface area contributed by atoms with E-state index in [-0.39, 0.29) is 11.8 Å². The van der Waals surface area contributed by atoms with Crippen molar-refractivity contribution in [2.75, 3.05) is 11.9 Å². The maximum Gasteiger partial charge on any atom is 0.303 e. The highest BCUT2D eigenvalue weighted by molar-refractivity contribution is 5.67. The van der Waals surface area contributed by atoms with Crippen LogP contribution in [0.3, 0.4) is 0 Å². The van der Waals surface area contributed by atoms with Gasteiger partial charge in [-0.1, -0.05) is 39.8 Å². The molecule has 0 saturated heterocycles. The van der Waals surface area contributed by atoms with Gasteiger partial charge in [0.15, 0.2) is 0 Å². The number of hydrogen-bond donors (Lipinski definition) is 2. The third-order valence-corrected chi connectivity index (χ3v) is 3.32. The van der Waals surface area contributed by atoms with Gasteiger partial charge in [-0.2, -0.15) is 0 Å². The Labute approximate surface area is 116 Å². The lowest BCUT2D eigenvalue weighted by molar-refractivity contribution is -0.139. The van der Waals surface area contributed by atoms with Crippen LogP contribution in [0.5, 0.6) is 0 Å². The fourth-order valence-electron chi connectivity index (χ4n) is 2.00. The first kappa shape index (κ1) is 15.5. The van der Waals surface area contributed by atoms with E-state index in [1.807, 2.05) is 13.8 Å². The zero-order valence-electron chi connectivity index (χ0n) is 12.6. The summed E-state index contributed by atoms with van der Waals surface area (Å²) in [6, 6.07) is 6.42. The molecule has 0 aromatic heterocycles. The number of carbonyl (C=O) groups is 1. The molecule has 19 heavy (non-hydrogen) atoms. The zero-order chi connectivity index (χ0) is 14.6. The van der Waals surface area contributed by atoms with Crippen LogP contribution in [0.2, 0.25) is 0 Å². The zero-order valence-corrected chi connectivity index (χ0v) is 12.6. The number of benzene rings is 1. The van der Waals surface area contributed by atoms with Crippen molar-refractivity contribution in [1.29, 1.82) is 0 Å². The van der Waals surface area contributed by atoms with E-state index in [1.165, 1.54) is 11.1 Å². The van der Waals surface area contributed by atoms with Gasteiger partial charge in [0.25, 0.3) is 0 Å². The van der Waals surface area contributed by atoms with Crippen LogP contribution in [-0.4, -0.2) is 17.6 Å². The van der Waals surface area contributed by atoms with Crippen molar-refractivity contribution in [2.24, 2.45) is 5.41 Å². The second kappa shape index (κ2) is 6.09. The van der Waals surface area contributed by atoms with Gasteiger partial charge in [-0.25, -0.2) is 0 Å². The molecular formula is C16H25NO2. The maximum atomic E-state index is 10.8. The van der Waals surface area contributed by atoms with Crippen LogP contribution in [0.25, 0.3) is 0 Å². The quantitative estimate of drug-likeness (QED) is 0.814. The van der Waals surface area contributed by atoms with Crippen molar-refractivity contribution < 1.29 is 9.90 Å². The fourth-order valence-corrected chi connectivity index (χ4v) is 2.00. The molecule has 0 aliphatic carbocycles. The van der Waals surface area contributed by atoms with Crippen molar-refractivity contribution in [2.45, 2.75) is 47.0 Å². The van der Waals surface area contributed by atoms with Gasteiger partial charge in [-0.3, -0.25) is 4.79 Å². The van der Waals surface area contributed by atoms with E-state index in [4.69, 9.17) is 5.11 Å². The molecule has 0 spiro atoms. The number of aryl methyl sites for hydroxylation is 1. The minimum absolute atomic E-state index is 0.170. The molecule has 3 heteroatoms. The summed E-state index contributed by atoms with van der Waals surface area (Å²) in [5.74, 6) is -0.257. The van der Waals surface area contributed by atoms with Crippen LogP contribution >= 0.6 is 0 Å². The molecule has 1 aromatic carbocycles. The number of nitrogens with one attached hydrogen (secondary N) is 1. The Bertz CT molecular complexity index is 450. The Morgan fingerprint density at radius 1 is 1.37 bits per heavy atom. The first-order chi connectivity index (χ1) is 8.71. The Morgan fingerprint density at radius 2 is 2.00 bits per heavy atom. The highest BCUT2D eigenvalue weighted by Gasteiger charge is 2.21. The van der Waals surface area contributed by atoms with Gasteiger partial charge in [0, 0.05) is 12.2 Å². The second-order valence-electron chi connectivity index (χ2n) is 6.32. The molecule has 0 unspecified atom stereocenters. The summed E-state index contributed by atoms with van der Waals surface area (Å²) >= 11 is 0. The Hall–Kier alpha value is -1.51. The summed E-state index contributed by atoms with van der Waals surface area (Å²) in [6.45, 7) is 11.0. The molecule has 0 aliphatic heterocycles. The molecule has 1 rings (SSSR count). The summed E-state index contributed by atoms with van der Waals surface area (Å²) < 4.78 is 0. The van der Waals surface area contributed by atoms with Gasteiger partial charge < -0.3 is 10.4 Å². The highest BCUT2D eigenvalue weighted by Crippen LogP contribution is 2.25. The van der Waals surface area contributed by atoms with Gasteiger partial charge in [0.2, 0.25) is 0 Å². The van der Waals surface area contributed by atoms with Crippen LogP contribution in [0.4, 0.5) is 5.69 Å². The summed E-state index contributed by atoms with van der Waals surface area (Å²) in [6.07, 6.45) is 0.170. The maximum absolute atomic E-state index is 10.8. The molecule has 0 fully saturated rings. The predicted octanol–water partition coefficient (Wildman–Crippen LogP) is 4.03. The third-order valence-electron chi connectivity index (χ3n) is 3.32. The first-order valence-electron chi connectivity index (χ1n) is 6.77. The van der Waals surface area contributed by atoms with Crippen molar-refractivity contribution in [3.05, 3.63) is 29.3 Å². The first-order valence-corrected chi connectivity index (χ1v) is 6.77. The molecule has 0 radical (unpaired) electrons. The van der Waals surface area contributed by atoms with E-state index in [1.54, 1.807) is 0 Å². The van der Waals surface area contributed by atoms with Crippen LogP contribution in [0, 0.1) is 12.3 Å². The van der Waals surface area contributed by atoms with Crippen LogP contribution in [0.1, 0.15) is 51.2 Å². The summed E-state index contributed by atoms with van der Waals surface area (Å²) in [7, 11) is 0. The minimum atomic E-state index is -0.751. The normalized spacial score (nSPS) is 11.7. The number of anilines is 1. The van der Waals surface area contributed by atoms with E-state index >= 15 is 0 Å². The molecule has 0 heterocycles. The van der Waals surface area contributed by atoms with E-state index in [9.17, 15) is 4.79 Å². The Balaban J connectivity index is 2.77. The van der Waals surface area contributed by atoms with Gasteiger partial charge in [0.1, 0.15) is 0 Å². The molecular weight excluding hydrogens is 238 g/mol. The number of rotatable bonds is 6. The lowest BCUT2D eigenvalue weighted by Gasteiger charge is -2.24. The third kappa shape index (κ3) is 4.93. The SMILES string of the molecule is Cc1ccc(C(C)C)cc1NCC(C)(C)CC(=O)O. The molecule has 2 N–H and O–H groups in total. The van der Waals surface area contributed by atoms with E-state index in [0.29, 0.717) is 12.5 Å². The van der Waals surface area contributed by atoms with Crippen LogP contribution in [0.15, 0.2) is 18.2 Å². The van der Waals surface area contributed by atoms with E-state index < -0.39 is 5.97 Å². The topological polar surface area (TPSA) is 49.3 Å². The van der Waals surface area contributed by atoms with Crippen LogP contribution < -0.4 is 5.32 Å². The van der Waals surface area contributed by atoms with Crippen molar-refractivity contribution >= 4 is 11.7 Å². The monoisotopic (exact) mass is 263 g/mol. The molecule has 106 valence electrons. The number of carboxylic acid groups (broad SMARTS) is 1. The second-order valence-corrected chi connectivity index (χ2v) is 6.32. The van der Waals surface area contributed by atoms with Gasteiger partial charge >= 0.3 is 5.97 Å². The smallest absolute Gasteiger partial charge is 0.303 e. The number of carboxylic acids is 1. The van der Waals surface area contributed by atoms with Crippen molar-refractivity contribution in [3.63, 3.8) is 0 Å². The Morgan fingerprint density at radius 3 is 2.53 bits per heavy atom. The van der Waals surface area contributed by atoms with Gasteiger partial charge in [0.05, 0.1) is 6.42 Å². The average Bonchev–Trinajstić information content (AvgIpc) is 2.25. The molecule has 0 bridgehead atoms. The van der Waals surface area contributed by atoms with Gasteiger partial charge in [-0.15, -0.1) is 0 Å². The van der Waals surface area contributed by atoms with Crippen molar-refractivity contribution in [3.8, 4) is 0 Å². The lowest BCUT2D eigenvalue weighted by Crippen LogP contribution is -2.26. The van der Waals surface area contributed by atoms with Crippen molar-refractivity contribution in [1.82, 2.24) is 0 Å². The number of hydrogen-bond acceptors (Lipinski definition) is 2. The highest BCUT2D eigenvalue weighted by atomic mass is 16.4. The number of aliphatic carboxylic acids is 1. The largest absolute Gasteiger partial charge is 0.481 e. The molecule has 0 aliphatic rings. The summed E-state index contributed by atoms with van der Waals surface area (Å²) in [4.78, 5) is 10.8. The lowest BCUT2D eigenvalue weighted by atomic mass is 9.89. The molecule has 3 nitrogen and oxygen atoms in total. The molecule has 0 amide bonds. The van der Waals surface area contributed by atoms with E-state index in [2.05, 4.69) is 44.3 Å². The molecule has 1 aromatic rings. The molecule has 0 saturated carbocycles. The Kier molecular flexibility index (Phi) is 4.98. The average molecular weight is 263 g/mol. The molecule has 0 atom stereocenters. The minimum Gasteiger partial charge on any atom is -0.481 e. The fraction of sp³-hybridized carbons (Fsp3) is 0.562. The standard InChI is InChI=1S/C16H25NO2/c1-11(2)13-7-6-12(3)14(8-13)17-10-16(4,5)9-15(18)19/h6-8,11,17H,9-10H2,1-5H3,(H,18,19). The summed E-state index contributed by atoms with van der Waals surface area (Å²) in [5, 5.41) is 12.3. The van der Waals surface area contributed by atoms with Crippen LogP contribution in [-0.2, 0) is 4.79 Å². The summed E-state index contributed by atoms with van der Waals surface area (Å²) in [5.41, 5.74) is 3.33.